The lowest BCUT2D eigenvalue weighted by atomic mass is 10.1. The number of rotatable bonds is 4. The van der Waals surface area contributed by atoms with Gasteiger partial charge in [0.05, 0.1) is 5.75 Å². The quantitative estimate of drug-likeness (QED) is 0.592. The van der Waals surface area contributed by atoms with Gasteiger partial charge in [-0.15, -0.1) is 11.8 Å². The van der Waals surface area contributed by atoms with E-state index in [9.17, 15) is 4.79 Å². The molecule has 1 aliphatic heterocycles. The van der Waals surface area contributed by atoms with E-state index in [1.165, 1.54) is 0 Å². The molecule has 1 atom stereocenters. The molecule has 3 aromatic rings. The molecule has 2 N–H and O–H groups in total. The van der Waals surface area contributed by atoms with Gasteiger partial charge in [-0.3, -0.25) is 9.69 Å². The van der Waals surface area contributed by atoms with Crippen LogP contribution in [-0.2, 0) is 4.79 Å². The van der Waals surface area contributed by atoms with Gasteiger partial charge in [-0.1, -0.05) is 23.7 Å². The van der Waals surface area contributed by atoms with Crippen LogP contribution in [0.4, 0.5) is 11.4 Å². The SMILES string of the molecule is Nc1cccc(C2SCC(=O)N2c2ccc(Oc3ccc(Cl)cc3)cc2)c1. The van der Waals surface area contributed by atoms with Crippen molar-refractivity contribution < 1.29 is 9.53 Å². The van der Waals surface area contributed by atoms with Crippen LogP contribution in [0.25, 0.3) is 0 Å². The number of hydrogen-bond donors (Lipinski definition) is 1. The molecule has 4 rings (SSSR count). The van der Waals surface area contributed by atoms with Crippen molar-refractivity contribution in [2.75, 3.05) is 16.4 Å². The molecule has 1 unspecified atom stereocenters. The topological polar surface area (TPSA) is 55.6 Å². The zero-order valence-corrected chi connectivity index (χ0v) is 15.9. The summed E-state index contributed by atoms with van der Waals surface area (Å²) >= 11 is 7.49. The Kier molecular flexibility index (Phi) is 4.97. The van der Waals surface area contributed by atoms with E-state index in [-0.39, 0.29) is 11.3 Å². The molecule has 6 heteroatoms. The highest BCUT2D eigenvalue weighted by Crippen LogP contribution is 2.42. The summed E-state index contributed by atoms with van der Waals surface area (Å²) in [5.41, 5.74) is 8.46. The Morgan fingerprint density at radius 2 is 1.67 bits per heavy atom. The smallest absolute Gasteiger partial charge is 0.238 e. The van der Waals surface area contributed by atoms with E-state index in [0.29, 0.717) is 28.0 Å². The van der Waals surface area contributed by atoms with Gasteiger partial charge in [0.15, 0.2) is 0 Å². The zero-order valence-electron chi connectivity index (χ0n) is 14.3. The van der Waals surface area contributed by atoms with Crippen molar-refractivity contribution in [2.45, 2.75) is 5.37 Å². The van der Waals surface area contributed by atoms with Gasteiger partial charge < -0.3 is 10.5 Å². The first-order valence-corrected chi connectivity index (χ1v) is 9.85. The summed E-state index contributed by atoms with van der Waals surface area (Å²) in [6, 6.07) is 22.4. The molecule has 0 saturated carbocycles. The van der Waals surface area contributed by atoms with Gasteiger partial charge in [0.25, 0.3) is 0 Å². The summed E-state index contributed by atoms with van der Waals surface area (Å²) in [5, 5.41) is 0.583. The van der Waals surface area contributed by atoms with Crippen LogP contribution in [0.1, 0.15) is 10.9 Å². The number of halogens is 1. The first kappa shape index (κ1) is 17.8. The highest BCUT2D eigenvalue weighted by Gasteiger charge is 2.34. The summed E-state index contributed by atoms with van der Waals surface area (Å²) in [6.07, 6.45) is 0. The van der Waals surface area contributed by atoms with E-state index in [2.05, 4.69) is 0 Å². The minimum absolute atomic E-state index is 0.0796. The van der Waals surface area contributed by atoms with Gasteiger partial charge in [0.2, 0.25) is 5.91 Å². The van der Waals surface area contributed by atoms with Crippen LogP contribution in [-0.4, -0.2) is 11.7 Å². The monoisotopic (exact) mass is 396 g/mol. The Morgan fingerprint density at radius 1 is 1.00 bits per heavy atom. The van der Waals surface area contributed by atoms with Crippen LogP contribution in [0.2, 0.25) is 5.02 Å². The van der Waals surface area contributed by atoms with Gasteiger partial charge in [-0.25, -0.2) is 0 Å². The van der Waals surface area contributed by atoms with Crippen molar-refractivity contribution in [2.24, 2.45) is 0 Å². The number of thioether (sulfide) groups is 1. The number of carbonyl (C=O) groups is 1. The standard InChI is InChI=1S/C21H17ClN2O2S/c22-15-4-8-18(9-5-15)26-19-10-6-17(7-11-19)24-20(25)13-27-21(24)14-2-1-3-16(23)12-14/h1-12,21H,13,23H2. The number of amides is 1. The second-order valence-corrected chi connectivity index (χ2v) is 7.65. The van der Waals surface area contributed by atoms with Crippen molar-refractivity contribution in [1.82, 2.24) is 0 Å². The lowest BCUT2D eigenvalue weighted by Gasteiger charge is -2.24. The Morgan fingerprint density at radius 3 is 2.33 bits per heavy atom. The number of ether oxygens (including phenoxy) is 1. The number of anilines is 2. The molecule has 0 aliphatic carbocycles. The van der Waals surface area contributed by atoms with Crippen LogP contribution in [0.15, 0.2) is 72.8 Å². The van der Waals surface area contributed by atoms with Crippen LogP contribution >= 0.6 is 23.4 Å². The maximum absolute atomic E-state index is 12.5. The summed E-state index contributed by atoms with van der Waals surface area (Å²) in [7, 11) is 0. The van der Waals surface area contributed by atoms with Crippen LogP contribution < -0.4 is 15.4 Å². The largest absolute Gasteiger partial charge is 0.457 e. The molecule has 1 saturated heterocycles. The molecule has 1 fully saturated rings. The summed E-state index contributed by atoms with van der Waals surface area (Å²) in [6.45, 7) is 0. The number of nitrogens with zero attached hydrogens (tertiary/aromatic N) is 1. The molecule has 0 aromatic heterocycles. The Balaban J connectivity index is 1.56. The van der Waals surface area contributed by atoms with E-state index < -0.39 is 0 Å². The Hall–Kier alpha value is -2.63. The summed E-state index contributed by atoms with van der Waals surface area (Å²) in [4.78, 5) is 14.3. The molecule has 1 amide bonds. The van der Waals surface area contributed by atoms with E-state index in [1.807, 2.05) is 65.6 Å². The van der Waals surface area contributed by atoms with Crippen LogP contribution in [0.5, 0.6) is 11.5 Å². The first-order valence-electron chi connectivity index (χ1n) is 8.43. The van der Waals surface area contributed by atoms with Gasteiger partial charge in [0.1, 0.15) is 16.9 Å². The van der Waals surface area contributed by atoms with Crippen molar-refractivity contribution in [3.8, 4) is 11.5 Å². The van der Waals surface area contributed by atoms with Crippen LogP contribution in [0, 0.1) is 0 Å². The molecular formula is C21H17ClN2O2S. The minimum atomic E-state index is -0.0796. The molecule has 3 aromatic carbocycles. The highest BCUT2D eigenvalue weighted by atomic mass is 35.5. The molecule has 136 valence electrons. The number of carbonyl (C=O) groups excluding carboxylic acids is 1. The Labute approximate surface area is 166 Å². The van der Waals surface area contributed by atoms with Gasteiger partial charge >= 0.3 is 0 Å². The lowest BCUT2D eigenvalue weighted by Crippen LogP contribution is -2.27. The summed E-state index contributed by atoms with van der Waals surface area (Å²) < 4.78 is 5.82. The van der Waals surface area contributed by atoms with Gasteiger partial charge in [0, 0.05) is 16.4 Å². The van der Waals surface area contributed by atoms with Crippen molar-refractivity contribution in [1.29, 1.82) is 0 Å². The number of benzene rings is 3. The molecule has 0 spiro atoms. The molecule has 1 aliphatic rings. The predicted molar refractivity (Wildman–Crippen MR) is 112 cm³/mol. The van der Waals surface area contributed by atoms with E-state index >= 15 is 0 Å². The lowest BCUT2D eigenvalue weighted by molar-refractivity contribution is -0.115. The molecular weight excluding hydrogens is 380 g/mol. The maximum atomic E-state index is 12.5. The molecule has 1 heterocycles. The van der Waals surface area contributed by atoms with E-state index in [0.717, 1.165) is 11.3 Å². The fraction of sp³-hybridized carbons (Fsp3) is 0.0952. The van der Waals surface area contributed by atoms with Crippen molar-refractivity contribution in [3.63, 3.8) is 0 Å². The second-order valence-electron chi connectivity index (χ2n) is 6.15. The third-order valence-corrected chi connectivity index (χ3v) is 5.69. The second kappa shape index (κ2) is 7.55. The minimum Gasteiger partial charge on any atom is -0.457 e. The average molecular weight is 397 g/mol. The number of nitrogens with two attached hydrogens (primary N) is 1. The number of nitrogen functional groups attached to an aromatic ring is 1. The third kappa shape index (κ3) is 3.89. The fourth-order valence-electron chi connectivity index (χ4n) is 2.98. The fourth-order valence-corrected chi connectivity index (χ4v) is 4.27. The van der Waals surface area contributed by atoms with E-state index in [4.69, 9.17) is 22.1 Å². The molecule has 0 radical (unpaired) electrons. The van der Waals surface area contributed by atoms with Gasteiger partial charge in [-0.2, -0.15) is 0 Å². The maximum Gasteiger partial charge on any atom is 0.238 e. The molecule has 0 bridgehead atoms. The normalized spacial score (nSPS) is 16.6. The highest BCUT2D eigenvalue weighted by molar-refractivity contribution is 8.00. The molecule has 4 nitrogen and oxygen atoms in total. The van der Waals surface area contributed by atoms with Gasteiger partial charge in [-0.05, 0) is 66.2 Å². The number of hydrogen-bond acceptors (Lipinski definition) is 4. The first-order chi connectivity index (χ1) is 13.1. The molecule has 27 heavy (non-hydrogen) atoms. The average Bonchev–Trinajstić information content (AvgIpc) is 3.06. The van der Waals surface area contributed by atoms with Crippen molar-refractivity contribution >= 4 is 40.6 Å². The summed E-state index contributed by atoms with van der Waals surface area (Å²) in [5.74, 6) is 1.93. The van der Waals surface area contributed by atoms with Crippen molar-refractivity contribution in [3.05, 3.63) is 83.4 Å². The zero-order chi connectivity index (χ0) is 18.8. The third-order valence-electron chi connectivity index (χ3n) is 4.23. The Bertz CT molecular complexity index is 961. The predicted octanol–water partition coefficient (Wildman–Crippen LogP) is 5.49. The van der Waals surface area contributed by atoms with Crippen LogP contribution in [0.3, 0.4) is 0 Å². The van der Waals surface area contributed by atoms with E-state index in [1.54, 1.807) is 23.9 Å².